The average Bonchev–Trinajstić information content (AvgIpc) is 2.70. The minimum absolute atomic E-state index is 0.154. The molecule has 0 aromatic heterocycles. The minimum atomic E-state index is -0.549. The molecule has 0 fully saturated rings. The predicted molar refractivity (Wildman–Crippen MR) is 120 cm³/mol. The number of hydrogen-bond acceptors (Lipinski definition) is 4. The number of rotatable bonds is 10. The highest BCUT2D eigenvalue weighted by atomic mass is 16.6. The summed E-state index contributed by atoms with van der Waals surface area (Å²) >= 11 is 0. The van der Waals surface area contributed by atoms with E-state index in [2.05, 4.69) is 11.9 Å². The van der Waals surface area contributed by atoms with Crippen molar-refractivity contribution in [3.63, 3.8) is 0 Å². The maximum atomic E-state index is 12.3. The molecule has 0 saturated carbocycles. The molecule has 5 nitrogen and oxygen atoms in total. The highest BCUT2D eigenvalue weighted by molar-refractivity contribution is 5.68. The van der Waals surface area contributed by atoms with Crippen molar-refractivity contribution in [1.82, 2.24) is 5.32 Å². The van der Waals surface area contributed by atoms with Gasteiger partial charge in [-0.2, -0.15) is 0 Å². The summed E-state index contributed by atoms with van der Waals surface area (Å²) in [6.07, 6.45) is 2.40. The van der Waals surface area contributed by atoms with E-state index in [9.17, 15) is 4.79 Å². The van der Waals surface area contributed by atoms with Crippen LogP contribution < -0.4 is 10.1 Å². The summed E-state index contributed by atoms with van der Waals surface area (Å²) in [5, 5.41) is 2.96. The van der Waals surface area contributed by atoms with E-state index in [0.29, 0.717) is 19.4 Å². The van der Waals surface area contributed by atoms with Crippen LogP contribution >= 0.6 is 0 Å². The molecule has 0 aliphatic rings. The first-order chi connectivity index (χ1) is 14.3. The van der Waals surface area contributed by atoms with Gasteiger partial charge in [0.2, 0.25) is 0 Å². The van der Waals surface area contributed by atoms with Gasteiger partial charge in [0.05, 0.1) is 19.8 Å². The molecule has 0 heterocycles. The van der Waals surface area contributed by atoms with Crippen molar-refractivity contribution < 1.29 is 19.0 Å². The molecule has 0 aliphatic carbocycles. The SMILES string of the molecule is C=CC[C@H](C[C@@H](OCc1ccc(OC)cc1)c1ccccc1)NC(=O)OC(C)(C)C. The first-order valence-electron chi connectivity index (χ1n) is 10.2. The second kappa shape index (κ2) is 11.4. The molecule has 0 saturated heterocycles. The summed E-state index contributed by atoms with van der Waals surface area (Å²) in [7, 11) is 1.65. The minimum Gasteiger partial charge on any atom is -0.497 e. The maximum Gasteiger partial charge on any atom is 0.407 e. The molecule has 5 heteroatoms. The summed E-state index contributed by atoms with van der Waals surface area (Å²) in [6, 6.07) is 17.7. The lowest BCUT2D eigenvalue weighted by Gasteiger charge is -2.26. The number of carbonyl (C=O) groups excluding carboxylic acids is 1. The predicted octanol–water partition coefficient (Wildman–Crippen LogP) is 5.81. The number of hydrogen-bond donors (Lipinski definition) is 1. The van der Waals surface area contributed by atoms with Crippen molar-refractivity contribution in [1.29, 1.82) is 0 Å². The Morgan fingerprint density at radius 1 is 1.10 bits per heavy atom. The molecule has 0 bridgehead atoms. The van der Waals surface area contributed by atoms with Crippen LogP contribution in [0.25, 0.3) is 0 Å². The Bertz CT molecular complexity index is 781. The summed E-state index contributed by atoms with van der Waals surface area (Å²) < 4.78 is 16.9. The standard InChI is InChI=1S/C25H33NO4/c1-6-10-21(26-24(27)30-25(2,3)4)17-23(20-11-8-7-9-12-20)29-18-19-13-15-22(28-5)16-14-19/h6-9,11-16,21,23H,1,10,17-18H2,2-5H3,(H,26,27)/t21-,23-/m1/s1. The molecule has 2 aromatic rings. The smallest absolute Gasteiger partial charge is 0.407 e. The van der Waals surface area contributed by atoms with Gasteiger partial charge >= 0.3 is 6.09 Å². The lowest BCUT2D eigenvalue weighted by molar-refractivity contribution is 0.0224. The van der Waals surface area contributed by atoms with Crippen molar-refractivity contribution >= 4 is 6.09 Å². The largest absolute Gasteiger partial charge is 0.497 e. The van der Waals surface area contributed by atoms with Crippen LogP contribution in [-0.4, -0.2) is 24.8 Å². The summed E-state index contributed by atoms with van der Waals surface area (Å²) in [4.78, 5) is 12.3. The molecule has 2 atom stereocenters. The second-order valence-corrected chi connectivity index (χ2v) is 8.16. The Morgan fingerprint density at radius 2 is 1.77 bits per heavy atom. The van der Waals surface area contributed by atoms with E-state index in [-0.39, 0.29) is 12.1 Å². The van der Waals surface area contributed by atoms with Gasteiger partial charge in [-0.25, -0.2) is 4.79 Å². The number of ether oxygens (including phenoxy) is 3. The van der Waals surface area contributed by atoms with Crippen LogP contribution in [0.1, 0.15) is 50.8 Å². The van der Waals surface area contributed by atoms with Gasteiger partial charge in [0.1, 0.15) is 11.4 Å². The molecule has 1 N–H and O–H groups in total. The van der Waals surface area contributed by atoms with Gasteiger partial charge in [0.15, 0.2) is 0 Å². The first kappa shape index (κ1) is 23.5. The lowest BCUT2D eigenvalue weighted by Crippen LogP contribution is -2.39. The molecule has 0 spiro atoms. The van der Waals surface area contributed by atoms with Gasteiger partial charge < -0.3 is 19.5 Å². The first-order valence-corrected chi connectivity index (χ1v) is 10.2. The van der Waals surface area contributed by atoms with E-state index in [1.165, 1.54) is 0 Å². The van der Waals surface area contributed by atoms with Crippen molar-refractivity contribution in [2.24, 2.45) is 0 Å². The third-order valence-corrected chi connectivity index (χ3v) is 4.45. The van der Waals surface area contributed by atoms with Crippen molar-refractivity contribution in [2.45, 2.75) is 58.0 Å². The number of methoxy groups -OCH3 is 1. The zero-order chi connectivity index (χ0) is 22.0. The molecule has 30 heavy (non-hydrogen) atoms. The van der Waals surface area contributed by atoms with E-state index in [0.717, 1.165) is 16.9 Å². The Hall–Kier alpha value is -2.79. The molecule has 0 aliphatic heterocycles. The van der Waals surface area contributed by atoms with Gasteiger partial charge in [-0.1, -0.05) is 48.5 Å². The van der Waals surface area contributed by atoms with Gasteiger partial charge in [-0.3, -0.25) is 0 Å². The number of nitrogens with one attached hydrogen (secondary N) is 1. The van der Waals surface area contributed by atoms with Crippen LogP contribution in [0.3, 0.4) is 0 Å². The second-order valence-electron chi connectivity index (χ2n) is 8.16. The summed E-state index contributed by atoms with van der Waals surface area (Å²) in [5.74, 6) is 0.811. The van der Waals surface area contributed by atoms with Crippen LogP contribution in [0.15, 0.2) is 67.3 Å². The van der Waals surface area contributed by atoms with Crippen LogP contribution in [0, 0.1) is 0 Å². The van der Waals surface area contributed by atoms with Gasteiger partial charge in [-0.15, -0.1) is 6.58 Å². The third kappa shape index (κ3) is 8.29. The van der Waals surface area contributed by atoms with Gasteiger partial charge in [0, 0.05) is 6.04 Å². The molecule has 2 aromatic carbocycles. The van der Waals surface area contributed by atoms with Gasteiger partial charge in [0.25, 0.3) is 0 Å². The fourth-order valence-corrected chi connectivity index (χ4v) is 3.03. The van der Waals surface area contributed by atoms with Crippen molar-refractivity contribution in [2.75, 3.05) is 7.11 Å². The quantitative estimate of drug-likeness (QED) is 0.501. The molecule has 0 unspecified atom stereocenters. The van der Waals surface area contributed by atoms with E-state index in [1.54, 1.807) is 13.2 Å². The lowest BCUT2D eigenvalue weighted by atomic mass is 9.99. The van der Waals surface area contributed by atoms with E-state index < -0.39 is 11.7 Å². The van der Waals surface area contributed by atoms with E-state index in [1.807, 2.05) is 75.4 Å². The van der Waals surface area contributed by atoms with Gasteiger partial charge in [-0.05, 0) is 56.9 Å². The highest BCUT2D eigenvalue weighted by Gasteiger charge is 2.23. The number of carbonyl (C=O) groups is 1. The van der Waals surface area contributed by atoms with E-state index in [4.69, 9.17) is 14.2 Å². The molecular weight excluding hydrogens is 378 g/mol. The Labute approximate surface area is 180 Å². The number of amides is 1. The Morgan fingerprint density at radius 3 is 2.33 bits per heavy atom. The molecule has 0 radical (unpaired) electrons. The fraction of sp³-hybridized carbons (Fsp3) is 0.400. The van der Waals surface area contributed by atoms with Crippen LogP contribution in [0.4, 0.5) is 4.79 Å². The zero-order valence-electron chi connectivity index (χ0n) is 18.4. The Kier molecular flexibility index (Phi) is 8.93. The van der Waals surface area contributed by atoms with Crippen LogP contribution in [0.2, 0.25) is 0 Å². The van der Waals surface area contributed by atoms with E-state index >= 15 is 0 Å². The molecule has 1 amide bonds. The monoisotopic (exact) mass is 411 g/mol. The molecule has 2 rings (SSSR count). The van der Waals surface area contributed by atoms with Crippen LogP contribution in [-0.2, 0) is 16.1 Å². The number of benzene rings is 2. The normalized spacial score (nSPS) is 13.2. The average molecular weight is 412 g/mol. The topological polar surface area (TPSA) is 56.8 Å². The van der Waals surface area contributed by atoms with Crippen molar-refractivity contribution in [3.05, 3.63) is 78.4 Å². The summed E-state index contributed by atoms with van der Waals surface area (Å²) in [6.45, 7) is 9.82. The van der Waals surface area contributed by atoms with Crippen LogP contribution in [0.5, 0.6) is 5.75 Å². The zero-order valence-corrected chi connectivity index (χ0v) is 18.4. The van der Waals surface area contributed by atoms with Crippen molar-refractivity contribution in [3.8, 4) is 5.75 Å². The molecular formula is C25H33NO4. The highest BCUT2D eigenvalue weighted by Crippen LogP contribution is 2.26. The Balaban J connectivity index is 2.10. The number of alkyl carbamates (subject to hydrolysis) is 1. The fourth-order valence-electron chi connectivity index (χ4n) is 3.03. The molecule has 162 valence electrons. The summed E-state index contributed by atoms with van der Waals surface area (Å²) in [5.41, 5.74) is 1.56. The maximum absolute atomic E-state index is 12.3. The third-order valence-electron chi connectivity index (χ3n) is 4.45.